The third-order valence-corrected chi connectivity index (χ3v) is 4.44. The number of benzene rings is 1. The number of carbonyl (C=O) groups is 1. The molecule has 1 aromatic carbocycles. The lowest BCUT2D eigenvalue weighted by atomic mass is 9.86. The Hall–Kier alpha value is -2.95. The monoisotopic (exact) mass is 348 g/mol. The van der Waals surface area contributed by atoms with E-state index in [1.165, 1.54) is 5.56 Å². The molecule has 0 radical (unpaired) electrons. The van der Waals surface area contributed by atoms with Gasteiger partial charge in [0, 0.05) is 37.4 Å². The van der Waals surface area contributed by atoms with Crippen molar-refractivity contribution in [3.8, 4) is 0 Å². The number of nitrogens with one attached hydrogen (secondary N) is 1. The number of carbonyl (C=O) groups excluding carboxylic acids is 1. The van der Waals surface area contributed by atoms with Crippen molar-refractivity contribution in [1.82, 2.24) is 19.9 Å². The summed E-state index contributed by atoms with van der Waals surface area (Å²) in [6.45, 7) is 6.55. The van der Waals surface area contributed by atoms with Crippen molar-refractivity contribution in [2.75, 3.05) is 0 Å². The Labute approximate surface area is 154 Å². The average Bonchev–Trinajstić information content (AvgIpc) is 3.05. The number of aryl methyl sites for hydroxylation is 1. The lowest BCUT2D eigenvalue weighted by molar-refractivity contribution is 0.0941. The normalized spacial score (nSPS) is 12.6. The Morgan fingerprint density at radius 1 is 1.04 bits per heavy atom. The molecule has 2 heterocycles. The minimum Gasteiger partial charge on any atom is -0.338 e. The third kappa shape index (κ3) is 3.82. The maximum absolute atomic E-state index is 12.7. The Kier molecular flexibility index (Phi) is 4.89. The summed E-state index contributed by atoms with van der Waals surface area (Å²) in [6.07, 6.45) is 6.85. The number of hydrogen-bond acceptors (Lipinski definition) is 3. The van der Waals surface area contributed by atoms with Crippen LogP contribution in [-0.4, -0.2) is 20.4 Å². The quantitative estimate of drug-likeness (QED) is 0.783. The molecule has 0 aliphatic rings. The van der Waals surface area contributed by atoms with E-state index in [4.69, 9.17) is 0 Å². The number of pyridine rings is 1. The minimum atomic E-state index is -0.329. The van der Waals surface area contributed by atoms with Gasteiger partial charge in [0.25, 0.3) is 5.91 Å². The predicted molar refractivity (Wildman–Crippen MR) is 102 cm³/mol. The van der Waals surface area contributed by atoms with Gasteiger partial charge in [0.15, 0.2) is 0 Å². The Bertz CT molecular complexity index is 876. The molecule has 1 unspecified atom stereocenters. The van der Waals surface area contributed by atoms with Crippen LogP contribution >= 0.6 is 0 Å². The standard InChI is InChI=1S/C21H24N4O/c1-21(2,3)17-7-5-15(6-8-17)18(19-23-13-14-25(19)4)24-20(26)16-9-11-22-12-10-16/h5-14,18H,1-4H3,(H,24,26). The van der Waals surface area contributed by atoms with Crippen LogP contribution in [0.15, 0.2) is 61.2 Å². The molecule has 3 rings (SSSR count). The maximum Gasteiger partial charge on any atom is 0.252 e. The zero-order valence-electron chi connectivity index (χ0n) is 15.6. The van der Waals surface area contributed by atoms with Crippen molar-refractivity contribution in [1.29, 1.82) is 0 Å². The summed E-state index contributed by atoms with van der Waals surface area (Å²) in [7, 11) is 1.93. The molecule has 2 aromatic heterocycles. The summed E-state index contributed by atoms with van der Waals surface area (Å²) in [5.41, 5.74) is 2.90. The fourth-order valence-corrected chi connectivity index (χ4v) is 2.85. The molecular formula is C21H24N4O. The van der Waals surface area contributed by atoms with Crippen molar-refractivity contribution >= 4 is 5.91 Å². The number of aromatic nitrogens is 3. The van der Waals surface area contributed by atoms with E-state index in [0.29, 0.717) is 5.56 Å². The molecule has 0 aliphatic carbocycles. The van der Waals surface area contributed by atoms with Crippen LogP contribution in [0.5, 0.6) is 0 Å². The van der Waals surface area contributed by atoms with Gasteiger partial charge in [0.2, 0.25) is 0 Å². The van der Waals surface area contributed by atoms with Crippen molar-refractivity contribution in [3.63, 3.8) is 0 Å². The largest absolute Gasteiger partial charge is 0.338 e. The highest BCUT2D eigenvalue weighted by molar-refractivity contribution is 5.94. The van der Waals surface area contributed by atoms with Crippen molar-refractivity contribution in [2.24, 2.45) is 7.05 Å². The van der Waals surface area contributed by atoms with E-state index in [9.17, 15) is 4.79 Å². The Morgan fingerprint density at radius 2 is 1.69 bits per heavy atom. The molecule has 134 valence electrons. The Balaban J connectivity index is 1.94. The molecule has 5 nitrogen and oxygen atoms in total. The summed E-state index contributed by atoms with van der Waals surface area (Å²) < 4.78 is 1.93. The van der Waals surface area contributed by atoms with Gasteiger partial charge in [-0.25, -0.2) is 4.98 Å². The van der Waals surface area contributed by atoms with E-state index >= 15 is 0 Å². The van der Waals surface area contributed by atoms with Crippen LogP contribution in [0.25, 0.3) is 0 Å². The molecule has 26 heavy (non-hydrogen) atoms. The van der Waals surface area contributed by atoms with Gasteiger partial charge in [-0.1, -0.05) is 45.0 Å². The maximum atomic E-state index is 12.7. The van der Waals surface area contributed by atoms with Crippen molar-refractivity contribution in [2.45, 2.75) is 32.2 Å². The van der Waals surface area contributed by atoms with E-state index in [0.717, 1.165) is 11.4 Å². The molecule has 1 amide bonds. The number of amides is 1. The van der Waals surface area contributed by atoms with Gasteiger partial charge in [0.1, 0.15) is 11.9 Å². The van der Waals surface area contributed by atoms with Gasteiger partial charge in [-0.3, -0.25) is 9.78 Å². The van der Waals surface area contributed by atoms with E-state index in [1.807, 2.05) is 17.8 Å². The van der Waals surface area contributed by atoms with E-state index < -0.39 is 0 Å². The van der Waals surface area contributed by atoms with Gasteiger partial charge in [-0.2, -0.15) is 0 Å². The van der Waals surface area contributed by atoms with E-state index in [1.54, 1.807) is 30.7 Å². The van der Waals surface area contributed by atoms with Crippen molar-refractivity contribution in [3.05, 3.63) is 83.7 Å². The van der Waals surface area contributed by atoms with E-state index in [2.05, 4.69) is 60.3 Å². The Morgan fingerprint density at radius 3 is 2.23 bits per heavy atom. The molecule has 5 heteroatoms. The second kappa shape index (κ2) is 7.12. The molecule has 3 aromatic rings. The smallest absolute Gasteiger partial charge is 0.252 e. The lowest BCUT2D eigenvalue weighted by Crippen LogP contribution is -2.31. The van der Waals surface area contributed by atoms with Crippen LogP contribution in [0.1, 0.15) is 54.1 Å². The van der Waals surface area contributed by atoms with Gasteiger partial charge in [-0.15, -0.1) is 0 Å². The second-order valence-electron chi connectivity index (χ2n) is 7.41. The SMILES string of the molecule is Cn1ccnc1C(NC(=O)c1ccncc1)c1ccc(C(C)(C)C)cc1. The van der Waals surface area contributed by atoms with Gasteiger partial charge < -0.3 is 9.88 Å². The fraction of sp³-hybridized carbons (Fsp3) is 0.286. The summed E-state index contributed by atoms with van der Waals surface area (Å²) in [5.74, 6) is 0.635. The summed E-state index contributed by atoms with van der Waals surface area (Å²) in [6, 6.07) is 11.4. The zero-order chi connectivity index (χ0) is 18.7. The molecule has 0 fully saturated rings. The molecule has 0 spiro atoms. The van der Waals surface area contributed by atoms with Crippen molar-refractivity contribution < 1.29 is 4.79 Å². The van der Waals surface area contributed by atoms with Gasteiger partial charge in [-0.05, 0) is 28.7 Å². The average molecular weight is 348 g/mol. The van der Waals surface area contributed by atoms with Crippen LogP contribution < -0.4 is 5.32 Å². The summed E-state index contributed by atoms with van der Waals surface area (Å²) >= 11 is 0. The zero-order valence-corrected chi connectivity index (χ0v) is 15.6. The van der Waals surface area contributed by atoms with Crippen LogP contribution in [0, 0.1) is 0 Å². The van der Waals surface area contributed by atoms with Crippen LogP contribution in [0.2, 0.25) is 0 Å². The predicted octanol–water partition coefficient (Wildman–Crippen LogP) is 3.63. The van der Waals surface area contributed by atoms with E-state index in [-0.39, 0.29) is 17.4 Å². The fourth-order valence-electron chi connectivity index (χ4n) is 2.85. The first-order valence-electron chi connectivity index (χ1n) is 8.65. The highest BCUT2D eigenvalue weighted by atomic mass is 16.1. The minimum absolute atomic E-state index is 0.0809. The molecular weight excluding hydrogens is 324 g/mol. The highest BCUT2D eigenvalue weighted by Crippen LogP contribution is 2.26. The van der Waals surface area contributed by atoms with Gasteiger partial charge in [0.05, 0.1) is 0 Å². The number of rotatable bonds is 4. The molecule has 0 saturated carbocycles. The molecule has 1 N–H and O–H groups in total. The van der Waals surface area contributed by atoms with Gasteiger partial charge >= 0.3 is 0 Å². The molecule has 0 saturated heterocycles. The molecule has 0 bridgehead atoms. The summed E-state index contributed by atoms with van der Waals surface area (Å²) in [5, 5.41) is 3.10. The second-order valence-corrected chi connectivity index (χ2v) is 7.41. The lowest BCUT2D eigenvalue weighted by Gasteiger charge is -2.22. The first-order chi connectivity index (χ1) is 12.4. The molecule has 0 aliphatic heterocycles. The summed E-state index contributed by atoms with van der Waals surface area (Å²) in [4.78, 5) is 21.1. The number of nitrogens with zero attached hydrogens (tertiary/aromatic N) is 3. The number of hydrogen-bond donors (Lipinski definition) is 1. The first-order valence-corrected chi connectivity index (χ1v) is 8.65. The third-order valence-electron chi connectivity index (χ3n) is 4.44. The van der Waals surface area contributed by atoms with Crippen LogP contribution in [0.3, 0.4) is 0 Å². The highest BCUT2D eigenvalue weighted by Gasteiger charge is 2.22. The topological polar surface area (TPSA) is 59.8 Å². The first kappa shape index (κ1) is 17.9. The number of imidazole rings is 1. The molecule has 1 atom stereocenters. The van der Waals surface area contributed by atoms with Crippen LogP contribution in [-0.2, 0) is 12.5 Å². The van der Waals surface area contributed by atoms with Crippen LogP contribution in [0.4, 0.5) is 0 Å².